The van der Waals surface area contributed by atoms with Crippen LogP contribution in [0.1, 0.15) is 27.7 Å². The van der Waals surface area contributed by atoms with E-state index in [0.717, 1.165) is 11.4 Å². The zero-order valence-electron chi connectivity index (χ0n) is 9.74. The second-order valence-electron chi connectivity index (χ2n) is 3.57. The molecule has 6 heteroatoms. The molecule has 0 aromatic heterocycles. The van der Waals surface area contributed by atoms with Gasteiger partial charge in [0.25, 0.3) is 0 Å². The lowest BCUT2D eigenvalue weighted by atomic mass is 10.5. The van der Waals surface area contributed by atoms with Crippen LogP contribution in [0.2, 0.25) is 6.55 Å². The molecule has 0 aliphatic rings. The van der Waals surface area contributed by atoms with E-state index in [4.69, 9.17) is 20.7 Å². The van der Waals surface area contributed by atoms with E-state index in [0.29, 0.717) is 0 Å². The lowest BCUT2D eigenvalue weighted by Gasteiger charge is -2.17. The van der Waals surface area contributed by atoms with Gasteiger partial charge in [0.2, 0.25) is 0 Å². The van der Waals surface area contributed by atoms with Crippen LogP contribution in [0.25, 0.3) is 0 Å². The van der Waals surface area contributed by atoms with Crippen molar-refractivity contribution in [2.75, 3.05) is 0 Å². The van der Waals surface area contributed by atoms with Crippen LogP contribution >= 0.6 is 11.6 Å². The molecule has 86 valence electrons. The summed E-state index contributed by atoms with van der Waals surface area (Å²) in [7, 11) is -2.56. The molecule has 0 aliphatic carbocycles. The third-order valence-electron chi connectivity index (χ3n) is 1.18. The van der Waals surface area contributed by atoms with Crippen LogP contribution in [-0.2, 0) is 9.05 Å². The van der Waals surface area contributed by atoms with E-state index in [-0.39, 0.29) is 0 Å². The van der Waals surface area contributed by atoms with Gasteiger partial charge in [0.15, 0.2) is 0 Å². The van der Waals surface area contributed by atoms with Gasteiger partial charge in [-0.2, -0.15) is 0 Å². The maximum Gasteiger partial charge on any atom is 0.532 e. The Morgan fingerprint density at radius 3 is 1.73 bits per heavy atom. The number of oxime groups is 2. The van der Waals surface area contributed by atoms with Gasteiger partial charge >= 0.3 is 8.56 Å². The molecule has 0 N–H and O–H groups in total. The van der Waals surface area contributed by atoms with Gasteiger partial charge in [0.05, 0.1) is 0 Å². The molecule has 0 bridgehead atoms. The SMILES string of the molecule is CC(C)=NO[Si](C)(/C=C/Cl)ON=C(C)C. The standard InChI is InChI=1S/C9H17ClN2O2Si/c1-8(2)11-13-15(5,7-6-10)14-12-9(3)4/h6-7H,1-5H3/b7-6+. The van der Waals surface area contributed by atoms with E-state index < -0.39 is 8.56 Å². The Balaban J connectivity index is 4.59. The summed E-state index contributed by atoms with van der Waals surface area (Å²) in [6.45, 7) is 9.17. The third kappa shape index (κ3) is 7.16. The molecule has 0 atom stereocenters. The molecule has 15 heavy (non-hydrogen) atoms. The average molecular weight is 249 g/mol. The molecule has 0 radical (unpaired) electrons. The fraction of sp³-hybridized carbons (Fsp3) is 0.556. The highest BCUT2D eigenvalue weighted by molar-refractivity contribution is 6.72. The molecule has 0 fully saturated rings. The largest absolute Gasteiger partial charge is 0.532 e. The van der Waals surface area contributed by atoms with Crippen molar-refractivity contribution in [3.8, 4) is 0 Å². The summed E-state index contributed by atoms with van der Waals surface area (Å²) in [6, 6.07) is 0. The second-order valence-corrected chi connectivity index (χ2v) is 6.55. The molecule has 4 nitrogen and oxygen atoms in total. The van der Waals surface area contributed by atoms with Crippen molar-refractivity contribution < 1.29 is 9.05 Å². The van der Waals surface area contributed by atoms with Crippen LogP contribution in [0.15, 0.2) is 21.5 Å². The number of hydrogen-bond acceptors (Lipinski definition) is 4. The van der Waals surface area contributed by atoms with Gasteiger partial charge in [-0.25, -0.2) is 0 Å². The summed E-state index contributed by atoms with van der Waals surface area (Å²) >= 11 is 5.51. The first kappa shape index (κ1) is 14.2. The Morgan fingerprint density at radius 2 is 1.47 bits per heavy atom. The van der Waals surface area contributed by atoms with Gasteiger partial charge in [-0.15, -0.1) is 10.3 Å². The molecule has 0 amide bonds. The third-order valence-corrected chi connectivity index (χ3v) is 3.20. The van der Waals surface area contributed by atoms with Gasteiger partial charge in [-0.05, 0) is 33.4 Å². The van der Waals surface area contributed by atoms with E-state index in [1.54, 1.807) is 5.70 Å². The first-order valence-corrected chi connectivity index (χ1v) is 7.39. The van der Waals surface area contributed by atoms with E-state index in [1.165, 1.54) is 5.54 Å². The highest BCUT2D eigenvalue weighted by Crippen LogP contribution is 2.11. The molecule has 0 rings (SSSR count). The van der Waals surface area contributed by atoms with Gasteiger partial charge in [0, 0.05) is 23.5 Å². The Bertz CT molecular complexity index is 262. The highest BCUT2D eigenvalue weighted by Gasteiger charge is 2.34. The summed E-state index contributed by atoms with van der Waals surface area (Å²) in [6.07, 6.45) is 0. The minimum absolute atomic E-state index is 0.817. The van der Waals surface area contributed by atoms with Crippen molar-refractivity contribution in [3.05, 3.63) is 11.2 Å². The first-order chi connectivity index (χ1) is 6.89. The molecule has 0 aliphatic heterocycles. The normalized spacial score (nSPS) is 11.1. The quantitative estimate of drug-likeness (QED) is 0.426. The van der Waals surface area contributed by atoms with Gasteiger partial charge in [-0.1, -0.05) is 11.6 Å². The summed E-state index contributed by atoms with van der Waals surface area (Å²) < 4.78 is 10.6. The van der Waals surface area contributed by atoms with Crippen molar-refractivity contribution >= 4 is 31.6 Å². The number of halogens is 1. The molecule has 0 aromatic rings. The molecule has 0 unspecified atom stereocenters. The van der Waals surface area contributed by atoms with Crippen molar-refractivity contribution in [2.45, 2.75) is 34.2 Å². The lowest BCUT2D eigenvalue weighted by molar-refractivity contribution is 0.197. The first-order valence-electron chi connectivity index (χ1n) is 4.56. The van der Waals surface area contributed by atoms with Crippen molar-refractivity contribution in [3.63, 3.8) is 0 Å². The van der Waals surface area contributed by atoms with E-state index in [2.05, 4.69) is 10.3 Å². The molecule has 0 saturated carbocycles. The fourth-order valence-electron chi connectivity index (χ4n) is 0.556. The molecule has 0 heterocycles. The van der Waals surface area contributed by atoms with Crippen LogP contribution in [-0.4, -0.2) is 20.0 Å². The van der Waals surface area contributed by atoms with Crippen molar-refractivity contribution in [1.29, 1.82) is 0 Å². The van der Waals surface area contributed by atoms with Crippen molar-refractivity contribution in [1.82, 2.24) is 0 Å². The van der Waals surface area contributed by atoms with Gasteiger partial charge in [-0.3, -0.25) is 0 Å². The molecule has 0 aromatic carbocycles. The number of hydrogen-bond donors (Lipinski definition) is 0. The molecular formula is C9H17ClN2O2Si. The van der Waals surface area contributed by atoms with Gasteiger partial charge < -0.3 is 9.05 Å². The van der Waals surface area contributed by atoms with E-state index in [9.17, 15) is 0 Å². The Kier molecular flexibility index (Phi) is 6.27. The smallest absolute Gasteiger partial charge is 0.404 e. The second kappa shape index (κ2) is 6.63. The van der Waals surface area contributed by atoms with Crippen LogP contribution in [0.4, 0.5) is 0 Å². The molecular weight excluding hydrogens is 232 g/mol. The predicted molar refractivity (Wildman–Crippen MR) is 66.3 cm³/mol. The van der Waals surface area contributed by atoms with Crippen LogP contribution < -0.4 is 0 Å². The lowest BCUT2D eigenvalue weighted by Crippen LogP contribution is -2.33. The minimum Gasteiger partial charge on any atom is -0.404 e. The maximum absolute atomic E-state index is 5.51. The highest BCUT2D eigenvalue weighted by atomic mass is 35.5. The molecule has 0 saturated heterocycles. The predicted octanol–water partition coefficient (Wildman–Crippen LogP) is 3.17. The minimum atomic E-state index is -2.56. The average Bonchev–Trinajstić information content (AvgIpc) is 2.13. The maximum atomic E-state index is 5.51. The summed E-state index contributed by atoms with van der Waals surface area (Å²) in [5.74, 6) is 0. The Morgan fingerprint density at radius 1 is 1.07 bits per heavy atom. The Labute approximate surface area is 96.8 Å². The monoisotopic (exact) mass is 248 g/mol. The molecule has 0 spiro atoms. The van der Waals surface area contributed by atoms with E-state index in [1.807, 2.05) is 34.2 Å². The number of nitrogens with zero attached hydrogens (tertiary/aromatic N) is 2. The van der Waals surface area contributed by atoms with Crippen LogP contribution in [0.3, 0.4) is 0 Å². The Hall–Kier alpha value is -0.813. The van der Waals surface area contributed by atoms with E-state index >= 15 is 0 Å². The van der Waals surface area contributed by atoms with Crippen LogP contribution in [0, 0.1) is 0 Å². The summed E-state index contributed by atoms with van der Waals surface area (Å²) in [5, 5.41) is 7.73. The van der Waals surface area contributed by atoms with Crippen molar-refractivity contribution in [2.24, 2.45) is 10.3 Å². The summed E-state index contributed by atoms with van der Waals surface area (Å²) in [5.41, 5.74) is 4.66. The zero-order chi connectivity index (χ0) is 11.9. The van der Waals surface area contributed by atoms with Gasteiger partial charge in [0.1, 0.15) is 0 Å². The van der Waals surface area contributed by atoms with Crippen LogP contribution in [0.5, 0.6) is 0 Å². The fourth-order valence-corrected chi connectivity index (χ4v) is 2.35. The number of rotatable bonds is 5. The zero-order valence-corrected chi connectivity index (χ0v) is 11.5. The summed E-state index contributed by atoms with van der Waals surface area (Å²) in [4.78, 5) is 0. The topological polar surface area (TPSA) is 43.2 Å².